The Morgan fingerprint density at radius 3 is 2.43 bits per heavy atom. The van der Waals surface area contributed by atoms with Crippen LogP contribution in [0.5, 0.6) is 0 Å². The molecule has 0 aromatic rings. The lowest BCUT2D eigenvalue weighted by Crippen LogP contribution is -2.44. The lowest BCUT2D eigenvalue weighted by molar-refractivity contribution is -0.142. The molecule has 3 unspecified atom stereocenters. The zero-order valence-corrected chi connectivity index (χ0v) is 8.62. The third-order valence-electron chi connectivity index (χ3n) is 3.22. The predicted molar refractivity (Wildman–Crippen MR) is 51.5 cm³/mol. The third-order valence-corrected chi connectivity index (χ3v) is 3.22. The maximum absolute atomic E-state index is 11.7. The summed E-state index contributed by atoms with van der Waals surface area (Å²) in [7, 11) is 0. The standard InChI is InChI=1S/C10H16N2O2/c1-6-3-9(13)12(10(6)14)8-5-11-4-7(8)2/h6-8,11H,3-5H2,1-2H3. The summed E-state index contributed by atoms with van der Waals surface area (Å²) in [6.07, 6.45) is 0.391. The molecule has 2 aliphatic rings. The average molecular weight is 196 g/mol. The van der Waals surface area contributed by atoms with Crippen molar-refractivity contribution in [3.63, 3.8) is 0 Å². The van der Waals surface area contributed by atoms with Crippen LogP contribution in [0.2, 0.25) is 0 Å². The van der Waals surface area contributed by atoms with Gasteiger partial charge in [0.25, 0.3) is 0 Å². The van der Waals surface area contributed by atoms with Gasteiger partial charge in [-0.15, -0.1) is 0 Å². The van der Waals surface area contributed by atoms with Crippen molar-refractivity contribution in [2.45, 2.75) is 26.3 Å². The van der Waals surface area contributed by atoms with Crippen molar-refractivity contribution < 1.29 is 9.59 Å². The number of carbonyl (C=O) groups is 2. The molecule has 2 heterocycles. The highest BCUT2D eigenvalue weighted by Gasteiger charge is 2.43. The molecule has 2 aliphatic heterocycles. The summed E-state index contributed by atoms with van der Waals surface area (Å²) in [5, 5.41) is 3.21. The van der Waals surface area contributed by atoms with Gasteiger partial charge in [-0.25, -0.2) is 0 Å². The van der Waals surface area contributed by atoms with Crippen LogP contribution in [-0.4, -0.2) is 35.8 Å². The second kappa shape index (κ2) is 3.35. The number of rotatable bonds is 1. The smallest absolute Gasteiger partial charge is 0.232 e. The van der Waals surface area contributed by atoms with Crippen LogP contribution in [0.1, 0.15) is 20.3 Å². The van der Waals surface area contributed by atoms with Gasteiger partial charge in [0.15, 0.2) is 0 Å². The number of nitrogens with zero attached hydrogens (tertiary/aromatic N) is 1. The Labute approximate surface area is 83.6 Å². The summed E-state index contributed by atoms with van der Waals surface area (Å²) in [5.41, 5.74) is 0. The van der Waals surface area contributed by atoms with Crippen molar-refractivity contribution >= 4 is 11.8 Å². The van der Waals surface area contributed by atoms with Gasteiger partial charge in [-0.1, -0.05) is 13.8 Å². The summed E-state index contributed by atoms with van der Waals surface area (Å²) in [4.78, 5) is 24.8. The van der Waals surface area contributed by atoms with E-state index in [1.165, 1.54) is 4.90 Å². The first-order valence-electron chi connectivity index (χ1n) is 5.18. The van der Waals surface area contributed by atoms with E-state index >= 15 is 0 Å². The molecule has 78 valence electrons. The van der Waals surface area contributed by atoms with Crippen molar-refractivity contribution in [2.24, 2.45) is 11.8 Å². The highest BCUT2D eigenvalue weighted by molar-refractivity contribution is 6.03. The molecule has 2 rings (SSSR count). The molecule has 2 fully saturated rings. The molecule has 3 atom stereocenters. The number of nitrogens with one attached hydrogen (secondary N) is 1. The Hall–Kier alpha value is -0.900. The van der Waals surface area contributed by atoms with Gasteiger partial charge in [0.1, 0.15) is 0 Å². The fourth-order valence-corrected chi connectivity index (χ4v) is 2.30. The second-order valence-electron chi connectivity index (χ2n) is 4.41. The van der Waals surface area contributed by atoms with Gasteiger partial charge in [0.2, 0.25) is 11.8 Å². The molecule has 1 N–H and O–H groups in total. The molecule has 0 bridgehead atoms. The van der Waals surface area contributed by atoms with Crippen LogP contribution in [0.25, 0.3) is 0 Å². The quantitative estimate of drug-likeness (QED) is 0.600. The van der Waals surface area contributed by atoms with Crippen LogP contribution < -0.4 is 5.32 Å². The average Bonchev–Trinajstić information content (AvgIpc) is 2.60. The fraction of sp³-hybridized carbons (Fsp3) is 0.800. The molecule has 4 heteroatoms. The molecule has 14 heavy (non-hydrogen) atoms. The number of hydrogen-bond acceptors (Lipinski definition) is 3. The first-order chi connectivity index (χ1) is 6.61. The molecule has 0 spiro atoms. The van der Waals surface area contributed by atoms with Crippen molar-refractivity contribution in [1.82, 2.24) is 10.2 Å². The van der Waals surface area contributed by atoms with Crippen molar-refractivity contribution in [3.05, 3.63) is 0 Å². The van der Waals surface area contributed by atoms with Gasteiger partial charge in [0.05, 0.1) is 6.04 Å². The van der Waals surface area contributed by atoms with E-state index in [0.29, 0.717) is 12.3 Å². The highest BCUT2D eigenvalue weighted by atomic mass is 16.2. The molecular formula is C10H16N2O2. The first kappa shape index (κ1) is 9.65. The van der Waals surface area contributed by atoms with E-state index < -0.39 is 0 Å². The minimum atomic E-state index is -0.115. The molecular weight excluding hydrogens is 180 g/mol. The fourth-order valence-electron chi connectivity index (χ4n) is 2.30. The van der Waals surface area contributed by atoms with E-state index in [-0.39, 0.29) is 23.8 Å². The van der Waals surface area contributed by atoms with Gasteiger partial charge in [-0.3, -0.25) is 14.5 Å². The van der Waals surface area contributed by atoms with E-state index in [0.717, 1.165) is 13.1 Å². The Morgan fingerprint density at radius 2 is 2.00 bits per heavy atom. The van der Waals surface area contributed by atoms with Gasteiger partial charge >= 0.3 is 0 Å². The first-order valence-corrected chi connectivity index (χ1v) is 5.18. The molecule has 4 nitrogen and oxygen atoms in total. The number of carbonyl (C=O) groups excluding carboxylic acids is 2. The van der Waals surface area contributed by atoms with E-state index in [4.69, 9.17) is 0 Å². The summed E-state index contributed by atoms with van der Waals surface area (Å²) >= 11 is 0. The molecule has 0 aromatic heterocycles. The highest BCUT2D eigenvalue weighted by Crippen LogP contribution is 2.25. The Bertz CT molecular complexity index is 277. The Kier molecular flexibility index (Phi) is 2.31. The number of hydrogen-bond donors (Lipinski definition) is 1. The predicted octanol–water partition coefficient (Wildman–Crippen LogP) is -0.0107. The van der Waals surface area contributed by atoms with Crippen molar-refractivity contribution in [1.29, 1.82) is 0 Å². The van der Waals surface area contributed by atoms with Gasteiger partial charge in [0, 0.05) is 18.9 Å². The van der Waals surface area contributed by atoms with E-state index in [2.05, 4.69) is 12.2 Å². The zero-order valence-electron chi connectivity index (χ0n) is 8.62. The van der Waals surface area contributed by atoms with Crippen LogP contribution in [-0.2, 0) is 9.59 Å². The lowest BCUT2D eigenvalue weighted by Gasteiger charge is -2.25. The van der Waals surface area contributed by atoms with Crippen molar-refractivity contribution in [3.8, 4) is 0 Å². The minimum Gasteiger partial charge on any atom is -0.314 e. The van der Waals surface area contributed by atoms with Crippen LogP contribution >= 0.6 is 0 Å². The minimum absolute atomic E-state index is 0.00282. The Morgan fingerprint density at radius 1 is 1.29 bits per heavy atom. The number of amides is 2. The SMILES string of the molecule is CC1CC(=O)N(C2CNCC2C)C1=O. The van der Waals surface area contributed by atoms with Crippen molar-refractivity contribution in [2.75, 3.05) is 13.1 Å². The zero-order chi connectivity index (χ0) is 10.3. The molecule has 2 amide bonds. The van der Waals surface area contributed by atoms with E-state index in [1.807, 2.05) is 6.92 Å². The monoisotopic (exact) mass is 196 g/mol. The molecule has 0 aromatic carbocycles. The molecule has 0 saturated carbocycles. The maximum atomic E-state index is 11.7. The summed E-state index contributed by atoms with van der Waals surface area (Å²) in [5.74, 6) is 0.280. The maximum Gasteiger partial charge on any atom is 0.232 e. The molecule has 0 radical (unpaired) electrons. The second-order valence-corrected chi connectivity index (χ2v) is 4.41. The summed E-state index contributed by atoms with van der Waals surface area (Å²) in [6.45, 7) is 5.56. The summed E-state index contributed by atoms with van der Waals surface area (Å²) in [6, 6.07) is 0.0833. The Balaban J connectivity index is 2.17. The molecule has 0 aliphatic carbocycles. The van der Waals surface area contributed by atoms with Gasteiger partial charge < -0.3 is 5.32 Å². The lowest BCUT2D eigenvalue weighted by atomic mass is 10.1. The van der Waals surface area contributed by atoms with E-state index in [1.54, 1.807) is 0 Å². The van der Waals surface area contributed by atoms with Crippen LogP contribution in [0.15, 0.2) is 0 Å². The number of imide groups is 1. The normalized spacial score (nSPS) is 38.4. The third kappa shape index (κ3) is 1.34. The number of likely N-dealkylation sites (tertiary alicyclic amines) is 1. The topological polar surface area (TPSA) is 49.4 Å². The van der Waals surface area contributed by atoms with Crippen LogP contribution in [0.3, 0.4) is 0 Å². The van der Waals surface area contributed by atoms with Gasteiger partial charge in [-0.05, 0) is 12.5 Å². The largest absolute Gasteiger partial charge is 0.314 e. The molecule has 2 saturated heterocycles. The van der Waals surface area contributed by atoms with E-state index in [9.17, 15) is 9.59 Å². The summed E-state index contributed by atoms with van der Waals surface area (Å²) < 4.78 is 0. The van der Waals surface area contributed by atoms with Crippen LogP contribution in [0.4, 0.5) is 0 Å². The van der Waals surface area contributed by atoms with Crippen LogP contribution in [0, 0.1) is 11.8 Å². The van der Waals surface area contributed by atoms with Gasteiger partial charge in [-0.2, -0.15) is 0 Å².